The molecule has 0 radical (unpaired) electrons. The quantitative estimate of drug-likeness (QED) is 0.919. The summed E-state index contributed by atoms with van der Waals surface area (Å²) >= 11 is 0. The summed E-state index contributed by atoms with van der Waals surface area (Å²) in [4.78, 5) is 20.0. The molecule has 128 valence electrons. The van der Waals surface area contributed by atoms with Crippen molar-refractivity contribution in [2.75, 3.05) is 11.9 Å². The van der Waals surface area contributed by atoms with Crippen molar-refractivity contribution in [3.63, 3.8) is 0 Å². The van der Waals surface area contributed by atoms with E-state index in [9.17, 15) is 18.0 Å². The number of alkyl halides is 3. The zero-order chi connectivity index (χ0) is 17.3. The van der Waals surface area contributed by atoms with Crippen LogP contribution < -0.4 is 5.32 Å². The number of amides is 1. The first-order valence-corrected chi connectivity index (χ1v) is 7.17. The molecule has 24 heavy (non-hydrogen) atoms. The molecule has 7 nitrogen and oxygen atoms in total. The summed E-state index contributed by atoms with van der Waals surface area (Å²) in [5.74, 6) is -0.452. The highest BCUT2D eigenvalue weighted by atomic mass is 19.4. The number of ether oxygens (including phenoxy) is 1. The Morgan fingerprint density at radius 3 is 2.96 bits per heavy atom. The molecular weight excluding hydrogens is 327 g/mol. The fourth-order valence-electron chi connectivity index (χ4n) is 2.48. The Bertz CT molecular complexity index is 772. The molecule has 0 bridgehead atoms. The summed E-state index contributed by atoms with van der Waals surface area (Å²) in [6.07, 6.45) is -2.84. The van der Waals surface area contributed by atoms with Crippen LogP contribution in [0, 0.1) is 6.92 Å². The number of carbonyl (C=O) groups is 1. The number of carbonyl (C=O) groups excluding carboxylic acids is 1. The first kappa shape index (κ1) is 16.4. The van der Waals surface area contributed by atoms with Crippen LogP contribution in [0.4, 0.5) is 19.1 Å². The number of aromatic nitrogens is 4. The minimum atomic E-state index is -4.59. The Morgan fingerprint density at radius 2 is 2.25 bits per heavy atom. The van der Waals surface area contributed by atoms with Gasteiger partial charge in [0.2, 0.25) is 11.9 Å². The summed E-state index contributed by atoms with van der Waals surface area (Å²) in [5.41, 5.74) is 0.0207. The van der Waals surface area contributed by atoms with Gasteiger partial charge < -0.3 is 4.74 Å². The third kappa shape index (κ3) is 3.37. The minimum Gasteiger partial charge on any atom is -0.376 e. The molecule has 2 aromatic heterocycles. The van der Waals surface area contributed by atoms with Gasteiger partial charge in [0.1, 0.15) is 6.54 Å². The largest absolute Gasteiger partial charge is 0.435 e. The van der Waals surface area contributed by atoms with Crippen LogP contribution in [-0.4, -0.2) is 32.3 Å². The first-order chi connectivity index (χ1) is 11.3. The van der Waals surface area contributed by atoms with Crippen LogP contribution >= 0.6 is 0 Å². The average molecular weight is 341 g/mol. The van der Waals surface area contributed by atoms with E-state index in [1.807, 2.05) is 0 Å². The predicted octanol–water partition coefficient (Wildman–Crippen LogP) is 1.71. The van der Waals surface area contributed by atoms with Crippen LogP contribution in [0.25, 0.3) is 0 Å². The number of nitrogens with one attached hydrogen (secondary N) is 1. The number of hydrogen-bond acceptors (Lipinski definition) is 5. The van der Waals surface area contributed by atoms with Crippen LogP contribution in [0.15, 0.2) is 12.3 Å². The van der Waals surface area contributed by atoms with Crippen LogP contribution in [0.3, 0.4) is 0 Å². The zero-order valence-corrected chi connectivity index (χ0v) is 12.7. The average Bonchev–Trinajstić information content (AvgIpc) is 2.86. The van der Waals surface area contributed by atoms with Gasteiger partial charge in [-0.2, -0.15) is 18.3 Å². The summed E-state index contributed by atoms with van der Waals surface area (Å²) in [7, 11) is 0. The van der Waals surface area contributed by atoms with E-state index in [4.69, 9.17) is 4.74 Å². The molecule has 0 spiro atoms. The maximum absolute atomic E-state index is 13.1. The number of halogens is 3. The summed E-state index contributed by atoms with van der Waals surface area (Å²) < 4.78 is 45.4. The van der Waals surface area contributed by atoms with Gasteiger partial charge in [0.25, 0.3) is 0 Å². The van der Waals surface area contributed by atoms with Gasteiger partial charge in [-0.1, -0.05) is 0 Å². The molecule has 1 aliphatic heterocycles. The molecule has 3 rings (SSSR count). The SMILES string of the molecule is Cc1ccnc(NC(=O)Cn2nc(C(F)(F)F)c3c2CCOC3)n1. The lowest BCUT2D eigenvalue weighted by Crippen LogP contribution is -2.23. The summed E-state index contributed by atoms with van der Waals surface area (Å²) in [6.45, 7) is 1.51. The Morgan fingerprint density at radius 1 is 1.46 bits per heavy atom. The number of nitrogens with zero attached hydrogens (tertiary/aromatic N) is 4. The van der Waals surface area contributed by atoms with Gasteiger partial charge in [0.05, 0.1) is 13.2 Å². The highest BCUT2D eigenvalue weighted by Crippen LogP contribution is 2.34. The maximum atomic E-state index is 13.1. The van der Waals surface area contributed by atoms with Gasteiger partial charge in [-0.15, -0.1) is 0 Å². The monoisotopic (exact) mass is 341 g/mol. The highest BCUT2D eigenvalue weighted by molar-refractivity contribution is 5.88. The van der Waals surface area contributed by atoms with E-state index in [0.29, 0.717) is 18.0 Å². The molecule has 2 aromatic rings. The number of anilines is 1. The number of hydrogen-bond donors (Lipinski definition) is 1. The predicted molar refractivity (Wildman–Crippen MR) is 76.0 cm³/mol. The maximum Gasteiger partial charge on any atom is 0.435 e. The van der Waals surface area contributed by atoms with Crippen molar-refractivity contribution in [2.45, 2.75) is 32.7 Å². The lowest BCUT2D eigenvalue weighted by atomic mass is 10.1. The van der Waals surface area contributed by atoms with Crippen LogP contribution in [0.2, 0.25) is 0 Å². The molecule has 0 saturated heterocycles. The van der Waals surface area contributed by atoms with E-state index >= 15 is 0 Å². The lowest BCUT2D eigenvalue weighted by Gasteiger charge is -2.15. The van der Waals surface area contributed by atoms with E-state index in [2.05, 4.69) is 20.4 Å². The highest BCUT2D eigenvalue weighted by Gasteiger charge is 2.40. The second-order valence-corrected chi connectivity index (χ2v) is 5.30. The minimum absolute atomic E-state index is 0.00615. The second-order valence-electron chi connectivity index (χ2n) is 5.30. The molecule has 0 saturated carbocycles. The van der Waals surface area contributed by atoms with Crippen molar-refractivity contribution in [1.82, 2.24) is 19.7 Å². The Balaban J connectivity index is 1.82. The van der Waals surface area contributed by atoms with Gasteiger partial charge in [-0.3, -0.25) is 14.8 Å². The molecule has 1 aliphatic rings. The Labute approximate surface area is 134 Å². The van der Waals surface area contributed by atoms with Crippen molar-refractivity contribution in [1.29, 1.82) is 0 Å². The molecule has 0 fully saturated rings. The third-order valence-electron chi connectivity index (χ3n) is 3.50. The van der Waals surface area contributed by atoms with Gasteiger partial charge in [0.15, 0.2) is 5.69 Å². The van der Waals surface area contributed by atoms with Crippen LogP contribution in [0.1, 0.15) is 22.6 Å². The number of fused-ring (bicyclic) bond motifs is 1. The van der Waals surface area contributed by atoms with Gasteiger partial charge in [-0.05, 0) is 13.0 Å². The molecule has 1 N–H and O–H groups in total. The normalized spacial score (nSPS) is 14.3. The first-order valence-electron chi connectivity index (χ1n) is 7.17. The van der Waals surface area contributed by atoms with Crippen LogP contribution in [-0.2, 0) is 35.3 Å². The fourth-order valence-corrected chi connectivity index (χ4v) is 2.48. The smallest absolute Gasteiger partial charge is 0.376 e. The number of rotatable bonds is 3. The molecule has 1 amide bonds. The fraction of sp³-hybridized carbons (Fsp3) is 0.429. The van der Waals surface area contributed by atoms with E-state index in [1.165, 1.54) is 6.20 Å². The van der Waals surface area contributed by atoms with Crippen LogP contribution in [0.5, 0.6) is 0 Å². The van der Waals surface area contributed by atoms with Crippen molar-refractivity contribution >= 4 is 11.9 Å². The van der Waals surface area contributed by atoms with Gasteiger partial charge in [-0.25, -0.2) is 9.97 Å². The molecule has 0 aromatic carbocycles. The Hall–Kier alpha value is -2.49. The lowest BCUT2D eigenvalue weighted by molar-refractivity contribution is -0.143. The molecule has 0 aliphatic carbocycles. The summed E-state index contributed by atoms with van der Waals surface area (Å²) in [6, 6.07) is 1.66. The van der Waals surface area contributed by atoms with E-state index in [1.54, 1.807) is 13.0 Å². The Kier molecular flexibility index (Phi) is 4.22. The van der Waals surface area contributed by atoms with Crippen molar-refractivity contribution in [3.05, 3.63) is 34.9 Å². The second kappa shape index (κ2) is 6.19. The van der Waals surface area contributed by atoms with Crippen molar-refractivity contribution in [2.24, 2.45) is 0 Å². The molecule has 0 atom stereocenters. The number of aryl methyl sites for hydroxylation is 1. The molecule has 3 heterocycles. The standard InChI is InChI=1S/C14H14F3N5O2/c1-8-2-4-18-13(19-8)20-11(23)6-22-10-3-5-24-7-9(10)12(21-22)14(15,16)17/h2,4H,3,5-7H2,1H3,(H,18,19,20,23). The summed E-state index contributed by atoms with van der Waals surface area (Å²) in [5, 5.41) is 6.02. The van der Waals surface area contributed by atoms with Gasteiger partial charge in [0, 0.05) is 29.6 Å². The third-order valence-corrected chi connectivity index (χ3v) is 3.50. The molecular formula is C14H14F3N5O2. The van der Waals surface area contributed by atoms with E-state index in [-0.39, 0.29) is 31.1 Å². The van der Waals surface area contributed by atoms with Crippen molar-refractivity contribution < 1.29 is 22.7 Å². The van der Waals surface area contributed by atoms with Crippen molar-refractivity contribution in [3.8, 4) is 0 Å². The van der Waals surface area contributed by atoms with E-state index in [0.717, 1.165) is 4.68 Å². The molecule has 0 unspecified atom stereocenters. The topological polar surface area (TPSA) is 81.9 Å². The van der Waals surface area contributed by atoms with E-state index < -0.39 is 17.8 Å². The molecule has 10 heteroatoms. The van der Waals surface area contributed by atoms with Gasteiger partial charge >= 0.3 is 6.18 Å². The zero-order valence-electron chi connectivity index (χ0n) is 12.7.